The molecule has 0 unspecified atom stereocenters. The predicted octanol–water partition coefficient (Wildman–Crippen LogP) is 4.84. The minimum atomic E-state index is -0.977. The van der Waals surface area contributed by atoms with E-state index in [-0.39, 0.29) is 5.56 Å². The van der Waals surface area contributed by atoms with E-state index in [9.17, 15) is 9.90 Å². The van der Waals surface area contributed by atoms with Crippen molar-refractivity contribution in [3.63, 3.8) is 0 Å². The number of aromatic carboxylic acids is 1. The molecule has 4 aromatic heterocycles. The van der Waals surface area contributed by atoms with E-state index in [2.05, 4.69) is 10.1 Å². The minimum Gasteiger partial charge on any atom is -0.478 e. The highest BCUT2D eigenvalue weighted by molar-refractivity contribution is 7.15. The molecular weight excluding hydrogens is 360 g/mol. The van der Waals surface area contributed by atoms with E-state index in [1.807, 2.05) is 50.3 Å². The van der Waals surface area contributed by atoms with Crippen LogP contribution in [0.4, 0.5) is 0 Å². The molecule has 0 radical (unpaired) electrons. The summed E-state index contributed by atoms with van der Waals surface area (Å²) in [6.07, 6.45) is 5.91. The first-order valence-corrected chi connectivity index (χ1v) is 9.74. The van der Waals surface area contributed by atoms with E-state index in [0.717, 1.165) is 22.7 Å². The first-order chi connectivity index (χ1) is 13.1. The third-order valence-corrected chi connectivity index (χ3v) is 5.16. The van der Waals surface area contributed by atoms with Crippen LogP contribution in [0.5, 0.6) is 0 Å². The standard InChI is InChI=1S/C18H16N4O2S.C2H6/c1-3-13-6-7-20-22(13)14-8-12(18(23)24)10-21-15(9-19-17(14)21)16-5-4-11(2)25-16;1-2/h4-10H,3H2,1-2H3,(H,23,24);1-2H3. The molecule has 27 heavy (non-hydrogen) atoms. The lowest BCUT2D eigenvalue weighted by Gasteiger charge is -2.10. The first kappa shape index (κ1) is 18.8. The molecule has 0 fully saturated rings. The second-order valence-corrected chi connectivity index (χ2v) is 7.04. The Balaban J connectivity index is 0.00000102. The highest BCUT2D eigenvalue weighted by Gasteiger charge is 2.17. The molecule has 4 rings (SSSR count). The number of hydrogen-bond acceptors (Lipinski definition) is 4. The smallest absolute Gasteiger partial charge is 0.337 e. The predicted molar refractivity (Wildman–Crippen MR) is 108 cm³/mol. The quantitative estimate of drug-likeness (QED) is 0.548. The summed E-state index contributed by atoms with van der Waals surface area (Å²) in [5.74, 6) is -0.977. The van der Waals surface area contributed by atoms with Gasteiger partial charge in [-0.1, -0.05) is 20.8 Å². The minimum absolute atomic E-state index is 0.201. The van der Waals surface area contributed by atoms with Crippen LogP contribution in [0.25, 0.3) is 21.9 Å². The van der Waals surface area contributed by atoms with Gasteiger partial charge in [0, 0.05) is 23.0 Å². The van der Waals surface area contributed by atoms with Gasteiger partial charge < -0.3 is 5.11 Å². The first-order valence-electron chi connectivity index (χ1n) is 8.93. The summed E-state index contributed by atoms with van der Waals surface area (Å²) in [6, 6.07) is 7.63. The maximum atomic E-state index is 11.6. The van der Waals surface area contributed by atoms with Crippen LogP contribution < -0.4 is 0 Å². The van der Waals surface area contributed by atoms with Gasteiger partial charge >= 0.3 is 5.97 Å². The number of imidazole rings is 1. The zero-order chi connectivity index (χ0) is 19.6. The highest BCUT2D eigenvalue weighted by Crippen LogP contribution is 2.30. The average molecular weight is 382 g/mol. The van der Waals surface area contributed by atoms with Crippen LogP contribution in [0.3, 0.4) is 0 Å². The summed E-state index contributed by atoms with van der Waals surface area (Å²) in [6.45, 7) is 8.08. The van der Waals surface area contributed by atoms with Gasteiger partial charge in [-0.3, -0.25) is 4.40 Å². The Morgan fingerprint density at radius 3 is 2.67 bits per heavy atom. The fraction of sp³-hybridized carbons (Fsp3) is 0.250. The van der Waals surface area contributed by atoms with E-state index >= 15 is 0 Å². The van der Waals surface area contributed by atoms with E-state index in [4.69, 9.17) is 0 Å². The van der Waals surface area contributed by atoms with Crippen molar-refractivity contribution in [3.8, 4) is 16.3 Å². The molecule has 0 aliphatic rings. The van der Waals surface area contributed by atoms with E-state index < -0.39 is 5.97 Å². The Morgan fingerprint density at radius 2 is 2.04 bits per heavy atom. The van der Waals surface area contributed by atoms with Gasteiger partial charge in [-0.2, -0.15) is 5.10 Å². The van der Waals surface area contributed by atoms with Crippen molar-refractivity contribution < 1.29 is 9.90 Å². The number of rotatable bonds is 4. The Kier molecular flexibility index (Phi) is 5.41. The van der Waals surface area contributed by atoms with Crippen LogP contribution in [-0.4, -0.2) is 30.2 Å². The summed E-state index contributed by atoms with van der Waals surface area (Å²) >= 11 is 1.65. The molecule has 0 aliphatic carbocycles. The topological polar surface area (TPSA) is 72.4 Å². The number of fused-ring (bicyclic) bond motifs is 1. The molecule has 0 saturated heterocycles. The molecular formula is C20H22N4O2S. The summed E-state index contributed by atoms with van der Waals surface area (Å²) < 4.78 is 3.60. The Labute approximate surface area is 161 Å². The van der Waals surface area contributed by atoms with E-state index in [1.54, 1.807) is 40.7 Å². The molecule has 7 heteroatoms. The van der Waals surface area contributed by atoms with Gasteiger partial charge in [0.15, 0.2) is 5.65 Å². The van der Waals surface area contributed by atoms with Crippen molar-refractivity contribution in [2.45, 2.75) is 34.1 Å². The largest absolute Gasteiger partial charge is 0.478 e. The lowest BCUT2D eigenvalue weighted by Crippen LogP contribution is -2.08. The molecule has 140 valence electrons. The maximum absolute atomic E-state index is 11.6. The van der Waals surface area contributed by atoms with Crippen LogP contribution in [0.15, 0.2) is 42.9 Å². The second-order valence-electron chi connectivity index (χ2n) is 5.75. The maximum Gasteiger partial charge on any atom is 0.337 e. The van der Waals surface area contributed by atoms with Crippen molar-refractivity contribution in [2.24, 2.45) is 0 Å². The highest BCUT2D eigenvalue weighted by atomic mass is 32.1. The van der Waals surface area contributed by atoms with Gasteiger partial charge in [0.05, 0.1) is 22.3 Å². The van der Waals surface area contributed by atoms with Gasteiger partial charge in [0.25, 0.3) is 0 Å². The van der Waals surface area contributed by atoms with Crippen molar-refractivity contribution in [2.75, 3.05) is 0 Å². The zero-order valence-electron chi connectivity index (χ0n) is 15.8. The van der Waals surface area contributed by atoms with E-state index in [1.165, 1.54) is 4.88 Å². The lowest BCUT2D eigenvalue weighted by molar-refractivity contribution is 0.0696. The molecule has 4 heterocycles. The molecule has 0 spiro atoms. The van der Waals surface area contributed by atoms with Crippen molar-refractivity contribution in [3.05, 3.63) is 59.0 Å². The molecule has 0 amide bonds. The number of carbonyl (C=O) groups is 1. The van der Waals surface area contributed by atoms with Gasteiger partial charge in [0.1, 0.15) is 5.69 Å². The van der Waals surface area contributed by atoms with Gasteiger partial charge in [0.2, 0.25) is 0 Å². The number of nitrogens with zero attached hydrogens (tertiary/aromatic N) is 4. The molecule has 0 bridgehead atoms. The third kappa shape index (κ3) is 3.38. The molecule has 0 saturated carbocycles. The van der Waals surface area contributed by atoms with E-state index in [0.29, 0.717) is 11.3 Å². The number of aryl methyl sites for hydroxylation is 2. The molecule has 0 aliphatic heterocycles. The normalized spacial score (nSPS) is 10.7. The summed E-state index contributed by atoms with van der Waals surface area (Å²) in [4.78, 5) is 18.4. The molecule has 1 N–H and O–H groups in total. The summed E-state index contributed by atoms with van der Waals surface area (Å²) in [7, 11) is 0. The van der Waals surface area contributed by atoms with Crippen LogP contribution >= 0.6 is 11.3 Å². The summed E-state index contributed by atoms with van der Waals surface area (Å²) in [5.41, 5.74) is 3.43. The molecule has 6 nitrogen and oxygen atoms in total. The Hall–Kier alpha value is -2.93. The lowest BCUT2D eigenvalue weighted by atomic mass is 10.2. The van der Waals surface area contributed by atoms with Crippen LogP contribution in [0, 0.1) is 6.92 Å². The van der Waals surface area contributed by atoms with Crippen LogP contribution in [0.2, 0.25) is 0 Å². The number of pyridine rings is 1. The van der Waals surface area contributed by atoms with Crippen molar-refractivity contribution in [1.82, 2.24) is 19.2 Å². The SMILES string of the molecule is CC.CCc1ccnn1-c1cc(C(=O)O)cn2c(-c3ccc(C)s3)cnc12. The number of hydrogen-bond donors (Lipinski definition) is 1. The number of carboxylic acids is 1. The second kappa shape index (κ2) is 7.75. The summed E-state index contributed by atoms with van der Waals surface area (Å²) in [5, 5.41) is 13.9. The van der Waals surface area contributed by atoms with Crippen LogP contribution in [0.1, 0.15) is 41.7 Å². The van der Waals surface area contributed by atoms with Crippen molar-refractivity contribution in [1.29, 1.82) is 0 Å². The Bertz CT molecular complexity index is 1090. The number of carboxylic acid groups (broad SMARTS) is 1. The molecule has 0 aromatic carbocycles. The third-order valence-electron chi connectivity index (χ3n) is 4.14. The average Bonchev–Trinajstić information content (AvgIpc) is 3.41. The number of thiophene rings is 1. The van der Waals surface area contributed by atoms with Crippen LogP contribution in [-0.2, 0) is 6.42 Å². The molecule has 0 atom stereocenters. The van der Waals surface area contributed by atoms with Gasteiger partial charge in [-0.15, -0.1) is 11.3 Å². The van der Waals surface area contributed by atoms with Gasteiger partial charge in [-0.25, -0.2) is 14.5 Å². The van der Waals surface area contributed by atoms with Gasteiger partial charge in [-0.05, 0) is 37.6 Å². The zero-order valence-corrected chi connectivity index (χ0v) is 16.6. The fourth-order valence-electron chi connectivity index (χ4n) is 2.91. The number of aromatic nitrogens is 4. The van der Waals surface area contributed by atoms with Crippen molar-refractivity contribution >= 4 is 23.0 Å². The molecule has 4 aromatic rings. The Morgan fingerprint density at radius 1 is 1.26 bits per heavy atom. The fourth-order valence-corrected chi connectivity index (χ4v) is 3.79. The monoisotopic (exact) mass is 382 g/mol.